The summed E-state index contributed by atoms with van der Waals surface area (Å²) in [5, 5.41) is 0. The summed E-state index contributed by atoms with van der Waals surface area (Å²) in [6.45, 7) is 4.11. The summed E-state index contributed by atoms with van der Waals surface area (Å²) < 4.78 is 12.4. The Morgan fingerprint density at radius 1 is 1.41 bits per heavy atom. The Kier molecular flexibility index (Phi) is 6.67. The van der Waals surface area contributed by atoms with Gasteiger partial charge >= 0.3 is 0 Å². The maximum atomic E-state index is 12.4. The van der Waals surface area contributed by atoms with Crippen molar-refractivity contribution in [1.82, 2.24) is 4.90 Å². The Bertz CT molecular complexity index is 481. The summed E-state index contributed by atoms with van der Waals surface area (Å²) in [6.07, 6.45) is 1.29. The number of benzene rings is 1. The largest absolute Gasteiger partial charge is 0.492 e. The maximum absolute atomic E-state index is 12.4. The van der Waals surface area contributed by atoms with Crippen LogP contribution in [0.2, 0.25) is 0 Å². The molecule has 1 aliphatic heterocycles. The van der Waals surface area contributed by atoms with Gasteiger partial charge < -0.3 is 20.1 Å². The molecule has 1 heterocycles. The second kappa shape index (κ2) is 8.50. The monoisotopic (exact) mass is 370 g/mol. The fourth-order valence-electron chi connectivity index (χ4n) is 2.49. The van der Waals surface area contributed by atoms with Crippen molar-refractivity contribution < 1.29 is 14.3 Å². The molecule has 22 heavy (non-hydrogen) atoms. The number of nitrogens with two attached hydrogens (primary N) is 1. The van der Waals surface area contributed by atoms with Gasteiger partial charge in [0.1, 0.15) is 18.5 Å². The van der Waals surface area contributed by atoms with Crippen molar-refractivity contribution in [3.05, 3.63) is 28.7 Å². The van der Waals surface area contributed by atoms with Crippen LogP contribution < -0.4 is 10.5 Å². The molecule has 0 spiro atoms. The minimum absolute atomic E-state index is 0.0201. The Morgan fingerprint density at radius 2 is 2.14 bits per heavy atom. The van der Waals surface area contributed by atoms with Gasteiger partial charge in [0, 0.05) is 17.6 Å². The average molecular weight is 371 g/mol. The van der Waals surface area contributed by atoms with Gasteiger partial charge in [0.15, 0.2) is 0 Å². The molecule has 1 aromatic carbocycles. The van der Waals surface area contributed by atoms with Crippen LogP contribution >= 0.6 is 15.9 Å². The molecule has 0 bridgehead atoms. The lowest BCUT2D eigenvalue weighted by atomic mass is 10.2. The highest BCUT2D eigenvalue weighted by Gasteiger charge is 2.32. The van der Waals surface area contributed by atoms with Crippen LogP contribution in [0.15, 0.2) is 28.7 Å². The molecule has 1 saturated heterocycles. The smallest absolute Gasteiger partial charge is 0.251 e. The zero-order chi connectivity index (χ0) is 15.9. The number of ether oxygens (including phenoxy) is 2. The number of halogens is 1. The molecule has 0 radical (unpaired) electrons. The lowest BCUT2D eigenvalue weighted by Crippen LogP contribution is -2.41. The van der Waals surface area contributed by atoms with E-state index in [1.165, 1.54) is 0 Å². The van der Waals surface area contributed by atoms with Gasteiger partial charge in [-0.05, 0) is 44.0 Å². The van der Waals surface area contributed by atoms with Crippen LogP contribution in [0.4, 0.5) is 0 Å². The van der Waals surface area contributed by atoms with Gasteiger partial charge in [-0.25, -0.2) is 0 Å². The van der Waals surface area contributed by atoms with Gasteiger partial charge in [0.25, 0.3) is 5.91 Å². The van der Waals surface area contributed by atoms with Crippen molar-refractivity contribution in [3.63, 3.8) is 0 Å². The summed E-state index contributed by atoms with van der Waals surface area (Å²) in [7, 11) is 0. The van der Waals surface area contributed by atoms with E-state index in [0.29, 0.717) is 26.2 Å². The number of carbonyl (C=O) groups excluding carboxylic acids is 1. The minimum Gasteiger partial charge on any atom is -0.492 e. The second-order valence-corrected chi connectivity index (χ2v) is 6.20. The zero-order valence-corrected chi connectivity index (χ0v) is 14.4. The topological polar surface area (TPSA) is 64.8 Å². The van der Waals surface area contributed by atoms with E-state index in [1.807, 2.05) is 31.2 Å². The van der Waals surface area contributed by atoms with Gasteiger partial charge in [0.2, 0.25) is 0 Å². The number of hydrogen-bond acceptors (Lipinski definition) is 4. The number of nitrogens with zero attached hydrogens (tertiary/aromatic N) is 1. The highest BCUT2D eigenvalue weighted by atomic mass is 79.9. The molecule has 0 unspecified atom stereocenters. The summed E-state index contributed by atoms with van der Waals surface area (Å²) >= 11 is 3.38. The molecule has 0 aliphatic carbocycles. The van der Waals surface area contributed by atoms with E-state index in [1.54, 1.807) is 4.90 Å². The first-order valence-corrected chi connectivity index (χ1v) is 8.46. The Labute approximate surface area is 139 Å². The Hall–Kier alpha value is -1.11. The molecule has 1 amide bonds. The Balaban J connectivity index is 1.79. The molecule has 5 nitrogen and oxygen atoms in total. The third-order valence-corrected chi connectivity index (χ3v) is 4.31. The number of rotatable bonds is 7. The van der Waals surface area contributed by atoms with Crippen molar-refractivity contribution in [2.75, 3.05) is 26.2 Å². The van der Waals surface area contributed by atoms with Crippen LogP contribution in [-0.2, 0) is 9.53 Å². The van der Waals surface area contributed by atoms with Crippen molar-refractivity contribution in [2.24, 2.45) is 5.73 Å². The van der Waals surface area contributed by atoms with E-state index >= 15 is 0 Å². The van der Waals surface area contributed by atoms with Crippen molar-refractivity contribution in [2.45, 2.75) is 32.0 Å². The SMILES string of the molecule is CCN(CCOc1ccc(Br)cc1)C(=O)[C@@H]1CC[C@H](CN)O1. The van der Waals surface area contributed by atoms with Gasteiger partial charge in [-0.15, -0.1) is 0 Å². The van der Waals surface area contributed by atoms with E-state index in [-0.39, 0.29) is 18.1 Å². The lowest BCUT2D eigenvalue weighted by Gasteiger charge is -2.24. The van der Waals surface area contributed by atoms with Crippen LogP contribution in [0.3, 0.4) is 0 Å². The molecule has 122 valence electrons. The van der Waals surface area contributed by atoms with Gasteiger partial charge in [-0.3, -0.25) is 4.79 Å². The van der Waals surface area contributed by atoms with E-state index in [9.17, 15) is 4.79 Å². The first-order chi connectivity index (χ1) is 10.6. The van der Waals surface area contributed by atoms with E-state index in [4.69, 9.17) is 15.2 Å². The first-order valence-electron chi connectivity index (χ1n) is 7.66. The van der Waals surface area contributed by atoms with Crippen LogP contribution in [-0.4, -0.2) is 49.3 Å². The molecule has 2 N–H and O–H groups in total. The molecule has 1 fully saturated rings. The predicted molar refractivity (Wildman–Crippen MR) is 88.8 cm³/mol. The number of carbonyl (C=O) groups is 1. The average Bonchev–Trinajstić information content (AvgIpc) is 3.02. The predicted octanol–water partition coefficient (Wildman–Crippen LogP) is 2.18. The molecule has 1 aromatic rings. The number of hydrogen-bond donors (Lipinski definition) is 1. The van der Waals surface area contributed by atoms with Crippen LogP contribution in [0.25, 0.3) is 0 Å². The number of likely N-dealkylation sites (N-methyl/N-ethyl adjacent to an activating group) is 1. The summed E-state index contributed by atoms with van der Waals surface area (Å²) in [4.78, 5) is 14.2. The first kappa shape index (κ1) is 17.2. The molecular weight excluding hydrogens is 348 g/mol. The fraction of sp³-hybridized carbons (Fsp3) is 0.562. The second-order valence-electron chi connectivity index (χ2n) is 5.28. The maximum Gasteiger partial charge on any atom is 0.251 e. The molecule has 6 heteroatoms. The third kappa shape index (κ3) is 4.69. The minimum atomic E-state index is -0.346. The molecule has 1 aliphatic rings. The van der Waals surface area contributed by atoms with Crippen molar-refractivity contribution >= 4 is 21.8 Å². The van der Waals surface area contributed by atoms with Crippen LogP contribution in [0, 0.1) is 0 Å². The van der Waals surface area contributed by atoms with Crippen LogP contribution in [0.1, 0.15) is 19.8 Å². The quantitative estimate of drug-likeness (QED) is 0.798. The summed E-state index contributed by atoms with van der Waals surface area (Å²) in [5.74, 6) is 0.838. The molecule has 0 aromatic heterocycles. The summed E-state index contributed by atoms with van der Waals surface area (Å²) in [5.41, 5.74) is 5.59. The zero-order valence-electron chi connectivity index (χ0n) is 12.8. The molecule has 2 rings (SSSR count). The van der Waals surface area contributed by atoms with E-state index in [0.717, 1.165) is 23.1 Å². The molecular formula is C16H23BrN2O3. The van der Waals surface area contributed by atoms with Gasteiger partial charge in [-0.1, -0.05) is 15.9 Å². The number of amides is 1. The van der Waals surface area contributed by atoms with Gasteiger partial charge in [0.05, 0.1) is 12.6 Å². The fourth-order valence-corrected chi connectivity index (χ4v) is 2.76. The normalized spacial score (nSPS) is 20.9. The third-order valence-electron chi connectivity index (χ3n) is 3.78. The lowest BCUT2D eigenvalue weighted by molar-refractivity contribution is -0.142. The molecule has 2 atom stereocenters. The molecule has 0 saturated carbocycles. The van der Waals surface area contributed by atoms with Crippen molar-refractivity contribution in [1.29, 1.82) is 0 Å². The highest BCUT2D eigenvalue weighted by molar-refractivity contribution is 9.10. The standard InChI is InChI=1S/C16H23BrN2O3/c1-2-19(16(20)15-8-7-14(11-18)22-15)9-10-21-13-5-3-12(17)4-6-13/h3-6,14-15H,2,7-11,18H2,1H3/t14-,15+/m1/s1. The van der Waals surface area contributed by atoms with E-state index in [2.05, 4.69) is 15.9 Å². The van der Waals surface area contributed by atoms with Crippen LogP contribution in [0.5, 0.6) is 5.75 Å². The summed E-state index contributed by atoms with van der Waals surface area (Å²) in [6, 6.07) is 7.65. The van der Waals surface area contributed by atoms with Crippen molar-refractivity contribution in [3.8, 4) is 5.75 Å². The van der Waals surface area contributed by atoms with Gasteiger partial charge in [-0.2, -0.15) is 0 Å². The highest BCUT2D eigenvalue weighted by Crippen LogP contribution is 2.21. The Morgan fingerprint density at radius 3 is 2.73 bits per heavy atom. The van der Waals surface area contributed by atoms with E-state index < -0.39 is 0 Å².